The van der Waals surface area contributed by atoms with Gasteiger partial charge in [0.25, 0.3) is 5.91 Å². The number of methoxy groups -OCH3 is 1. The minimum atomic E-state index is -0.0802. The molecule has 0 saturated carbocycles. The van der Waals surface area contributed by atoms with E-state index in [4.69, 9.17) is 4.74 Å². The molecule has 1 fully saturated rings. The molecule has 0 bridgehead atoms. The van der Waals surface area contributed by atoms with Gasteiger partial charge < -0.3 is 15.0 Å². The first-order chi connectivity index (χ1) is 11.7. The van der Waals surface area contributed by atoms with E-state index in [1.807, 2.05) is 35.1 Å². The van der Waals surface area contributed by atoms with Gasteiger partial charge in [-0.2, -0.15) is 5.10 Å². The smallest absolute Gasteiger partial charge is 0.274 e. The number of aromatic nitrogens is 2. The van der Waals surface area contributed by atoms with Crippen molar-refractivity contribution in [2.24, 2.45) is 0 Å². The van der Waals surface area contributed by atoms with Crippen LogP contribution in [-0.4, -0.2) is 47.8 Å². The molecule has 7 heteroatoms. The lowest BCUT2D eigenvalue weighted by atomic mass is 10.1. The van der Waals surface area contributed by atoms with Crippen molar-refractivity contribution < 1.29 is 9.53 Å². The van der Waals surface area contributed by atoms with Crippen LogP contribution in [0.2, 0.25) is 0 Å². The lowest BCUT2D eigenvalue weighted by Crippen LogP contribution is -2.32. The van der Waals surface area contributed by atoms with E-state index in [9.17, 15) is 4.79 Å². The lowest BCUT2D eigenvalue weighted by Gasteiger charge is -2.23. The van der Waals surface area contributed by atoms with Crippen molar-refractivity contribution in [1.82, 2.24) is 20.0 Å². The molecule has 1 aliphatic rings. The fourth-order valence-corrected chi connectivity index (χ4v) is 3.07. The van der Waals surface area contributed by atoms with E-state index in [1.54, 1.807) is 25.1 Å². The number of halogens is 1. The van der Waals surface area contributed by atoms with Crippen molar-refractivity contribution in [3.63, 3.8) is 0 Å². The second-order valence-corrected chi connectivity index (χ2v) is 6.15. The largest absolute Gasteiger partial charge is 0.496 e. The van der Waals surface area contributed by atoms with Gasteiger partial charge in [-0.15, -0.1) is 12.4 Å². The molecule has 1 saturated heterocycles. The SMILES string of the molecule is COc1ccccc1CN(C)C(=O)c1ccn(C2CCCNC2)n1.Cl. The number of rotatable bonds is 5. The average molecular weight is 365 g/mol. The number of carbonyl (C=O) groups excluding carboxylic acids is 1. The zero-order chi connectivity index (χ0) is 16.9. The van der Waals surface area contributed by atoms with E-state index in [0.29, 0.717) is 18.3 Å². The molecular formula is C18H25ClN4O2. The third-order valence-electron chi connectivity index (χ3n) is 4.42. The van der Waals surface area contributed by atoms with E-state index in [1.165, 1.54) is 0 Å². The van der Waals surface area contributed by atoms with E-state index >= 15 is 0 Å². The van der Waals surface area contributed by atoms with Crippen molar-refractivity contribution in [2.45, 2.75) is 25.4 Å². The van der Waals surface area contributed by atoms with Gasteiger partial charge in [-0.1, -0.05) is 18.2 Å². The Labute approximate surface area is 154 Å². The highest BCUT2D eigenvalue weighted by Gasteiger charge is 2.20. The van der Waals surface area contributed by atoms with Crippen LogP contribution >= 0.6 is 12.4 Å². The molecule has 2 heterocycles. The molecule has 1 N–H and O–H groups in total. The molecular weight excluding hydrogens is 340 g/mol. The van der Waals surface area contributed by atoms with E-state index in [-0.39, 0.29) is 18.3 Å². The first-order valence-electron chi connectivity index (χ1n) is 8.32. The van der Waals surface area contributed by atoms with Gasteiger partial charge in [-0.05, 0) is 31.5 Å². The van der Waals surface area contributed by atoms with Crippen molar-refractivity contribution in [3.8, 4) is 5.75 Å². The monoisotopic (exact) mass is 364 g/mol. The standard InChI is InChI=1S/C18H24N4O2.ClH/c1-21(13-14-6-3-4-8-17(14)24-2)18(23)16-9-11-22(20-16)15-7-5-10-19-12-15;/h3-4,6,8-9,11,15,19H,5,7,10,12-13H2,1-2H3;1H. The maximum atomic E-state index is 12.6. The Kier molecular flexibility index (Phi) is 6.84. The second-order valence-electron chi connectivity index (χ2n) is 6.15. The molecule has 1 amide bonds. The fraction of sp³-hybridized carbons (Fsp3) is 0.444. The molecule has 1 atom stereocenters. The summed E-state index contributed by atoms with van der Waals surface area (Å²) in [4.78, 5) is 14.3. The van der Waals surface area contributed by atoms with Crippen LogP contribution in [0.5, 0.6) is 5.75 Å². The molecule has 0 radical (unpaired) electrons. The summed E-state index contributed by atoms with van der Waals surface area (Å²) in [6.45, 7) is 2.46. The maximum Gasteiger partial charge on any atom is 0.274 e. The van der Waals surface area contributed by atoms with Crippen LogP contribution in [0.15, 0.2) is 36.5 Å². The van der Waals surface area contributed by atoms with Gasteiger partial charge in [0.1, 0.15) is 11.4 Å². The average Bonchev–Trinajstić information content (AvgIpc) is 3.12. The highest BCUT2D eigenvalue weighted by Crippen LogP contribution is 2.20. The van der Waals surface area contributed by atoms with Crippen LogP contribution in [0.4, 0.5) is 0 Å². The van der Waals surface area contributed by atoms with Gasteiger partial charge in [-0.25, -0.2) is 0 Å². The molecule has 0 aliphatic carbocycles. The summed E-state index contributed by atoms with van der Waals surface area (Å²) < 4.78 is 7.26. The van der Waals surface area contributed by atoms with Gasteiger partial charge in [-0.3, -0.25) is 9.48 Å². The number of nitrogens with one attached hydrogen (secondary N) is 1. The van der Waals surface area contributed by atoms with Gasteiger partial charge in [0, 0.05) is 31.9 Å². The third kappa shape index (κ3) is 4.52. The van der Waals surface area contributed by atoms with Crippen LogP contribution in [0.1, 0.15) is 34.9 Å². The molecule has 136 valence electrons. The molecule has 0 spiro atoms. The van der Waals surface area contributed by atoms with Crippen LogP contribution in [-0.2, 0) is 6.54 Å². The van der Waals surface area contributed by atoms with Gasteiger partial charge in [0.2, 0.25) is 0 Å². The Bertz CT molecular complexity index is 698. The number of hydrogen-bond acceptors (Lipinski definition) is 4. The number of hydrogen-bond donors (Lipinski definition) is 1. The molecule has 1 aromatic carbocycles. The molecule has 1 aromatic heterocycles. The lowest BCUT2D eigenvalue weighted by molar-refractivity contribution is 0.0777. The summed E-state index contributed by atoms with van der Waals surface area (Å²) in [5.41, 5.74) is 1.46. The summed E-state index contributed by atoms with van der Waals surface area (Å²) in [5.74, 6) is 0.708. The minimum absolute atomic E-state index is 0. The minimum Gasteiger partial charge on any atom is -0.496 e. The Morgan fingerprint density at radius 1 is 1.40 bits per heavy atom. The van der Waals surface area contributed by atoms with Crippen LogP contribution in [0.3, 0.4) is 0 Å². The van der Waals surface area contributed by atoms with Gasteiger partial charge in [0.05, 0.1) is 13.2 Å². The van der Waals surface area contributed by atoms with Crippen molar-refractivity contribution in [3.05, 3.63) is 47.8 Å². The predicted octanol–water partition coefficient (Wildman–Crippen LogP) is 2.51. The van der Waals surface area contributed by atoms with Gasteiger partial charge >= 0.3 is 0 Å². The van der Waals surface area contributed by atoms with Gasteiger partial charge in [0.15, 0.2) is 0 Å². The first kappa shape index (κ1) is 19.3. The summed E-state index contributed by atoms with van der Waals surface area (Å²) in [7, 11) is 3.43. The maximum absolute atomic E-state index is 12.6. The Morgan fingerprint density at radius 3 is 2.92 bits per heavy atom. The molecule has 3 rings (SSSR count). The van der Waals surface area contributed by atoms with Crippen molar-refractivity contribution in [1.29, 1.82) is 0 Å². The topological polar surface area (TPSA) is 59.4 Å². The number of ether oxygens (including phenoxy) is 1. The summed E-state index contributed by atoms with van der Waals surface area (Å²) in [6.07, 6.45) is 4.14. The van der Waals surface area contributed by atoms with Crippen molar-refractivity contribution >= 4 is 18.3 Å². The molecule has 1 unspecified atom stereocenters. The number of para-hydroxylation sites is 1. The van der Waals surface area contributed by atoms with Crippen LogP contribution in [0.25, 0.3) is 0 Å². The number of benzene rings is 1. The number of carbonyl (C=O) groups is 1. The van der Waals surface area contributed by atoms with E-state index < -0.39 is 0 Å². The van der Waals surface area contributed by atoms with E-state index in [0.717, 1.165) is 37.2 Å². The first-order valence-corrected chi connectivity index (χ1v) is 8.32. The number of amides is 1. The zero-order valence-electron chi connectivity index (χ0n) is 14.6. The summed E-state index contributed by atoms with van der Waals surface area (Å²) >= 11 is 0. The normalized spacial score (nSPS) is 16.8. The highest BCUT2D eigenvalue weighted by atomic mass is 35.5. The Balaban J connectivity index is 0.00000225. The van der Waals surface area contributed by atoms with Crippen molar-refractivity contribution in [2.75, 3.05) is 27.2 Å². The fourth-order valence-electron chi connectivity index (χ4n) is 3.07. The predicted molar refractivity (Wildman–Crippen MR) is 99.4 cm³/mol. The number of piperidine rings is 1. The Morgan fingerprint density at radius 2 is 2.20 bits per heavy atom. The second kappa shape index (κ2) is 8.87. The van der Waals surface area contributed by atoms with Crippen LogP contribution < -0.4 is 10.1 Å². The quantitative estimate of drug-likeness (QED) is 0.885. The molecule has 25 heavy (non-hydrogen) atoms. The molecule has 1 aliphatic heterocycles. The third-order valence-corrected chi connectivity index (χ3v) is 4.42. The van der Waals surface area contributed by atoms with E-state index in [2.05, 4.69) is 10.4 Å². The molecule has 2 aromatic rings. The summed E-state index contributed by atoms with van der Waals surface area (Å²) in [5, 5.41) is 7.86. The summed E-state index contributed by atoms with van der Waals surface area (Å²) in [6, 6.07) is 9.87. The Hall–Kier alpha value is -2.05. The molecule has 6 nitrogen and oxygen atoms in total. The number of nitrogens with zero attached hydrogens (tertiary/aromatic N) is 3. The highest BCUT2D eigenvalue weighted by molar-refractivity contribution is 5.92. The zero-order valence-corrected chi connectivity index (χ0v) is 15.5. The van der Waals surface area contributed by atoms with Crippen LogP contribution in [0, 0.1) is 0 Å².